The number of carbonyl (C=O) groups is 1. The Morgan fingerprint density at radius 3 is 2.03 bits per heavy atom. The number of hydrogen-bond acceptors (Lipinski definition) is 5. The van der Waals surface area contributed by atoms with E-state index in [1.165, 1.54) is 0 Å². The molecule has 3 aromatic rings. The Labute approximate surface area is 176 Å². The molecule has 1 N–H and O–H groups in total. The molecule has 154 valence electrons. The van der Waals surface area contributed by atoms with Crippen LogP contribution in [0.3, 0.4) is 0 Å². The Hall–Kier alpha value is -3.57. The molecular weight excluding hydrogens is 380 g/mol. The van der Waals surface area contributed by atoms with E-state index in [1.54, 1.807) is 6.07 Å². The highest BCUT2D eigenvalue weighted by atomic mass is 16.6. The van der Waals surface area contributed by atoms with Crippen LogP contribution in [-0.4, -0.2) is 37.5 Å². The molecule has 5 heteroatoms. The van der Waals surface area contributed by atoms with E-state index in [0.717, 1.165) is 28.3 Å². The van der Waals surface area contributed by atoms with Gasteiger partial charge in [-0.05, 0) is 34.4 Å². The van der Waals surface area contributed by atoms with Gasteiger partial charge in [0.1, 0.15) is 19.8 Å². The van der Waals surface area contributed by atoms with Crippen molar-refractivity contribution in [1.29, 1.82) is 0 Å². The Morgan fingerprint density at radius 2 is 1.37 bits per heavy atom. The van der Waals surface area contributed by atoms with Crippen LogP contribution < -0.4 is 9.47 Å². The van der Waals surface area contributed by atoms with Crippen molar-refractivity contribution in [1.82, 2.24) is 0 Å². The third-order valence-electron chi connectivity index (χ3n) is 4.37. The molecule has 0 bridgehead atoms. The third kappa shape index (κ3) is 5.72. The lowest BCUT2D eigenvalue weighted by Gasteiger charge is -2.14. The monoisotopic (exact) mass is 404 g/mol. The first kappa shape index (κ1) is 21.1. The smallest absolute Gasteiger partial charge is 0.330 e. The third-order valence-corrected chi connectivity index (χ3v) is 4.37. The molecule has 0 aromatic heterocycles. The van der Waals surface area contributed by atoms with Gasteiger partial charge in [0, 0.05) is 6.08 Å². The van der Waals surface area contributed by atoms with Crippen LogP contribution in [0, 0.1) is 0 Å². The van der Waals surface area contributed by atoms with Gasteiger partial charge >= 0.3 is 5.97 Å². The van der Waals surface area contributed by atoms with Crippen LogP contribution >= 0.6 is 0 Å². The molecule has 3 rings (SSSR count). The summed E-state index contributed by atoms with van der Waals surface area (Å²) in [5.74, 6) is 0.536. The van der Waals surface area contributed by atoms with Crippen molar-refractivity contribution in [3.8, 4) is 33.8 Å². The number of esters is 1. The maximum atomic E-state index is 11.2. The molecule has 5 nitrogen and oxygen atoms in total. The van der Waals surface area contributed by atoms with E-state index in [4.69, 9.17) is 19.3 Å². The molecule has 3 aromatic carbocycles. The summed E-state index contributed by atoms with van der Waals surface area (Å²) < 4.78 is 16.3. The molecule has 30 heavy (non-hydrogen) atoms. The highest BCUT2D eigenvalue weighted by Gasteiger charge is 2.09. The largest absolute Gasteiger partial charge is 0.487 e. The first-order chi connectivity index (χ1) is 14.7. The number of rotatable bonds is 10. The van der Waals surface area contributed by atoms with E-state index in [-0.39, 0.29) is 26.4 Å². The van der Waals surface area contributed by atoms with Gasteiger partial charge in [-0.1, -0.05) is 67.2 Å². The van der Waals surface area contributed by atoms with Gasteiger partial charge in [0.25, 0.3) is 0 Å². The van der Waals surface area contributed by atoms with E-state index >= 15 is 0 Å². The summed E-state index contributed by atoms with van der Waals surface area (Å²) in [5, 5.41) is 9.04. The van der Waals surface area contributed by atoms with E-state index in [1.807, 2.05) is 30.3 Å². The molecule has 0 saturated carbocycles. The average Bonchev–Trinajstić information content (AvgIpc) is 2.81. The lowest BCUT2D eigenvalue weighted by molar-refractivity contribution is -0.138. The van der Waals surface area contributed by atoms with Crippen molar-refractivity contribution >= 4 is 5.97 Å². The SMILES string of the molecule is C=CC(=O)OCCOc1cc(-c2ccc(-c3ccccc3)cc2)ccc1OCCO. The normalized spacial score (nSPS) is 10.3. The lowest BCUT2D eigenvalue weighted by Crippen LogP contribution is -2.11. The molecule has 0 aliphatic heterocycles. The summed E-state index contributed by atoms with van der Waals surface area (Å²) in [6.45, 7) is 3.69. The zero-order chi connectivity index (χ0) is 21.2. The van der Waals surface area contributed by atoms with E-state index in [2.05, 4.69) is 43.0 Å². The molecule has 0 radical (unpaired) electrons. The van der Waals surface area contributed by atoms with Crippen LogP contribution in [0.25, 0.3) is 22.3 Å². The molecule has 0 atom stereocenters. The van der Waals surface area contributed by atoms with Gasteiger partial charge in [-0.25, -0.2) is 4.79 Å². The summed E-state index contributed by atoms with van der Waals surface area (Å²) in [4.78, 5) is 11.2. The number of carbonyl (C=O) groups excluding carboxylic acids is 1. The van der Waals surface area contributed by atoms with Gasteiger partial charge in [-0.15, -0.1) is 0 Å². The number of ether oxygens (including phenoxy) is 3. The fourth-order valence-corrected chi connectivity index (χ4v) is 2.91. The molecule has 0 aliphatic carbocycles. The Kier molecular flexibility index (Phi) is 7.64. The van der Waals surface area contributed by atoms with Gasteiger partial charge in [-0.3, -0.25) is 0 Å². The van der Waals surface area contributed by atoms with Gasteiger partial charge in [0.15, 0.2) is 11.5 Å². The molecule has 0 saturated heterocycles. The summed E-state index contributed by atoms with van der Waals surface area (Å²) in [6, 6.07) is 24.1. The second kappa shape index (κ2) is 10.8. The van der Waals surface area contributed by atoms with Crippen molar-refractivity contribution in [2.45, 2.75) is 0 Å². The molecule has 0 unspecified atom stereocenters. The van der Waals surface area contributed by atoms with Gasteiger partial charge in [-0.2, -0.15) is 0 Å². The highest BCUT2D eigenvalue weighted by Crippen LogP contribution is 2.33. The maximum absolute atomic E-state index is 11.2. The highest BCUT2D eigenvalue weighted by molar-refractivity contribution is 5.81. The quantitative estimate of drug-likeness (QED) is 0.306. The fraction of sp³-hybridized carbons (Fsp3) is 0.160. The Morgan fingerprint density at radius 1 is 0.767 bits per heavy atom. The summed E-state index contributed by atoms with van der Waals surface area (Å²) in [5.41, 5.74) is 4.30. The second-order valence-electron chi connectivity index (χ2n) is 6.40. The predicted molar refractivity (Wildman–Crippen MR) is 117 cm³/mol. The topological polar surface area (TPSA) is 65.0 Å². The lowest BCUT2D eigenvalue weighted by atomic mass is 10.00. The van der Waals surface area contributed by atoms with Crippen LogP contribution in [0.5, 0.6) is 11.5 Å². The number of aliphatic hydroxyl groups is 1. The molecule has 0 heterocycles. The molecule has 0 amide bonds. The van der Waals surface area contributed by atoms with Crippen molar-refractivity contribution in [2.24, 2.45) is 0 Å². The Balaban J connectivity index is 1.77. The molecule has 0 fully saturated rings. The minimum Gasteiger partial charge on any atom is -0.487 e. The van der Waals surface area contributed by atoms with E-state index in [9.17, 15) is 4.79 Å². The number of hydrogen-bond donors (Lipinski definition) is 1. The summed E-state index contributed by atoms with van der Waals surface area (Å²) in [6.07, 6.45) is 1.11. The minimum absolute atomic E-state index is 0.0975. The van der Waals surface area contributed by atoms with Crippen LogP contribution in [0.1, 0.15) is 0 Å². The first-order valence-corrected chi connectivity index (χ1v) is 9.67. The molecule has 0 aliphatic rings. The van der Waals surface area contributed by atoms with Crippen LogP contribution in [0.2, 0.25) is 0 Å². The van der Waals surface area contributed by atoms with Gasteiger partial charge < -0.3 is 19.3 Å². The first-order valence-electron chi connectivity index (χ1n) is 9.67. The van der Waals surface area contributed by atoms with Gasteiger partial charge in [0.05, 0.1) is 6.61 Å². The van der Waals surface area contributed by atoms with E-state index < -0.39 is 5.97 Å². The second-order valence-corrected chi connectivity index (χ2v) is 6.40. The predicted octanol–water partition coefficient (Wildman–Crippen LogP) is 4.50. The van der Waals surface area contributed by atoms with Crippen molar-refractivity contribution < 1.29 is 24.1 Å². The summed E-state index contributed by atoms with van der Waals surface area (Å²) in [7, 11) is 0. The molecular formula is C25H24O5. The van der Waals surface area contributed by atoms with E-state index in [0.29, 0.717) is 11.5 Å². The Bertz CT molecular complexity index is 965. The van der Waals surface area contributed by atoms with Crippen molar-refractivity contribution in [3.05, 3.63) is 85.5 Å². The van der Waals surface area contributed by atoms with Crippen molar-refractivity contribution in [2.75, 3.05) is 26.4 Å². The number of benzene rings is 3. The summed E-state index contributed by atoms with van der Waals surface area (Å²) >= 11 is 0. The average molecular weight is 404 g/mol. The fourth-order valence-electron chi connectivity index (χ4n) is 2.91. The minimum atomic E-state index is -0.498. The zero-order valence-electron chi connectivity index (χ0n) is 16.6. The van der Waals surface area contributed by atoms with Crippen LogP contribution in [-0.2, 0) is 9.53 Å². The maximum Gasteiger partial charge on any atom is 0.330 e. The molecule has 0 spiro atoms. The van der Waals surface area contributed by atoms with Crippen molar-refractivity contribution in [3.63, 3.8) is 0 Å². The van der Waals surface area contributed by atoms with Crippen LogP contribution in [0.15, 0.2) is 85.5 Å². The van der Waals surface area contributed by atoms with Gasteiger partial charge in [0.2, 0.25) is 0 Å². The number of aliphatic hydroxyl groups excluding tert-OH is 1. The standard InChI is InChI=1S/C25H24O5/c1-2-25(27)30-17-16-29-24-18-22(12-13-23(24)28-15-14-26)21-10-8-20(9-11-21)19-6-4-3-5-7-19/h2-13,18,26H,1,14-17H2. The van der Waals surface area contributed by atoms with Crippen LogP contribution in [0.4, 0.5) is 0 Å². The zero-order valence-corrected chi connectivity index (χ0v) is 16.6.